The molecule has 0 aromatic heterocycles. The van der Waals surface area contributed by atoms with E-state index in [1.54, 1.807) is 0 Å². The molecule has 0 saturated heterocycles. The van der Waals surface area contributed by atoms with Crippen LogP contribution in [0.1, 0.15) is 44.9 Å². The van der Waals surface area contributed by atoms with E-state index in [9.17, 15) is 0 Å². The lowest BCUT2D eigenvalue weighted by Crippen LogP contribution is -2.49. The van der Waals surface area contributed by atoms with E-state index in [1.807, 2.05) is 0 Å². The average Bonchev–Trinajstić information content (AvgIpc) is 2.83. The molecule has 0 amide bonds. The van der Waals surface area contributed by atoms with Crippen molar-refractivity contribution in [2.75, 3.05) is 20.6 Å². The molecule has 3 aliphatic carbocycles. The van der Waals surface area contributed by atoms with Gasteiger partial charge in [-0.25, -0.2) is 0 Å². The quantitative estimate of drug-likeness (QED) is 0.798. The Balaban J connectivity index is 1.74. The van der Waals surface area contributed by atoms with E-state index in [0.29, 0.717) is 11.5 Å². The van der Waals surface area contributed by atoms with Crippen molar-refractivity contribution in [1.29, 1.82) is 0 Å². The molecule has 3 saturated carbocycles. The molecule has 2 bridgehead atoms. The molecule has 0 aromatic rings. The van der Waals surface area contributed by atoms with E-state index < -0.39 is 0 Å². The molecule has 0 heterocycles. The minimum atomic E-state index is 0.534. The Bertz CT molecular complexity index is 285. The first-order valence-corrected chi connectivity index (χ1v) is 7.52. The van der Waals surface area contributed by atoms with Crippen LogP contribution in [0.15, 0.2) is 0 Å². The van der Waals surface area contributed by atoms with E-state index in [1.165, 1.54) is 51.5 Å². The molecule has 98 valence electrons. The van der Waals surface area contributed by atoms with Crippen molar-refractivity contribution in [3.05, 3.63) is 0 Å². The Labute approximate surface area is 106 Å². The van der Waals surface area contributed by atoms with E-state index >= 15 is 0 Å². The molecule has 2 unspecified atom stereocenters. The summed E-state index contributed by atoms with van der Waals surface area (Å²) in [4.78, 5) is 2.36. The van der Waals surface area contributed by atoms with Crippen molar-refractivity contribution in [2.45, 2.75) is 51.0 Å². The zero-order valence-electron chi connectivity index (χ0n) is 11.5. The lowest BCUT2D eigenvalue weighted by Gasteiger charge is -2.48. The van der Waals surface area contributed by atoms with E-state index in [4.69, 9.17) is 5.73 Å². The van der Waals surface area contributed by atoms with Crippen LogP contribution in [0, 0.1) is 23.2 Å². The van der Waals surface area contributed by atoms with Crippen LogP contribution in [-0.4, -0.2) is 31.6 Å². The number of nitrogens with two attached hydrogens (primary N) is 1. The second kappa shape index (κ2) is 4.24. The maximum Gasteiger partial charge on any atom is 0.0127 e. The Hall–Kier alpha value is -0.0800. The lowest BCUT2D eigenvalue weighted by atomic mass is 9.59. The Morgan fingerprint density at radius 1 is 1.24 bits per heavy atom. The minimum absolute atomic E-state index is 0.534. The minimum Gasteiger partial charge on any atom is -0.327 e. The molecule has 17 heavy (non-hydrogen) atoms. The van der Waals surface area contributed by atoms with E-state index in [0.717, 1.165) is 17.8 Å². The third-order valence-corrected chi connectivity index (χ3v) is 6.00. The molecule has 1 spiro atoms. The monoisotopic (exact) mass is 236 g/mol. The largest absolute Gasteiger partial charge is 0.327 e. The Kier molecular flexibility index (Phi) is 2.99. The number of hydrogen-bond donors (Lipinski definition) is 1. The first-order valence-electron chi connectivity index (χ1n) is 7.52. The van der Waals surface area contributed by atoms with Crippen LogP contribution in [0.4, 0.5) is 0 Å². The second-order valence-electron chi connectivity index (χ2n) is 7.25. The van der Waals surface area contributed by atoms with E-state index in [-0.39, 0.29) is 0 Å². The van der Waals surface area contributed by atoms with Gasteiger partial charge in [0, 0.05) is 12.6 Å². The highest BCUT2D eigenvalue weighted by molar-refractivity contribution is 5.10. The van der Waals surface area contributed by atoms with Crippen LogP contribution in [0.25, 0.3) is 0 Å². The number of fused-ring (bicyclic) bond motifs is 3. The van der Waals surface area contributed by atoms with Gasteiger partial charge in [-0.15, -0.1) is 0 Å². The highest BCUT2D eigenvalue weighted by Crippen LogP contribution is 2.61. The highest BCUT2D eigenvalue weighted by Gasteiger charge is 2.57. The second-order valence-corrected chi connectivity index (χ2v) is 7.25. The predicted molar refractivity (Wildman–Crippen MR) is 71.8 cm³/mol. The van der Waals surface area contributed by atoms with Crippen LogP contribution in [-0.2, 0) is 0 Å². The van der Waals surface area contributed by atoms with Crippen LogP contribution in [0.5, 0.6) is 0 Å². The van der Waals surface area contributed by atoms with Gasteiger partial charge in [-0.1, -0.05) is 6.42 Å². The highest BCUT2D eigenvalue weighted by atomic mass is 15.1. The van der Waals surface area contributed by atoms with Gasteiger partial charge in [-0.05, 0) is 75.8 Å². The summed E-state index contributed by atoms with van der Waals surface area (Å²) in [6, 6.07) is 0.534. The number of nitrogens with zero attached hydrogens (tertiary/aromatic N) is 1. The summed E-state index contributed by atoms with van der Waals surface area (Å²) in [7, 11) is 4.42. The lowest BCUT2D eigenvalue weighted by molar-refractivity contribution is 0.0407. The van der Waals surface area contributed by atoms with Gasteiger partial charge in [0.15, 0.2) is 0 Å². The van der Waals surface area contributed by atoms with Crippen LogP contribution in [0.2, 0.25) is 0 Å². The molecule has 5 atom stereocenters. The Morgan fingerprint density at radius 2 is 2.06 bits per heavy atom. The average molecular weight is 236 g/mol. The maximum absolute atomic E-state index is 6.61. The van der Waals surface area contributed by atoms with Gasteiger partial charge in [0.1, 0.15) is 0 Å². The molecule has 2 heteroatoms. The van der Waals surface area contributed by atoms with Crippen LogP contribution in [0.3, 0.4) is 0 Å². The van der Waals surface area contributed by atoms with Gasteiger partial charge in [0.05, 0.1) is 0 Å². The van der Waals surface area contributed by atoms with Gasteiger partial charge in [-0.3, -0.25) is 0 Å². The van der Waals surface area contributed by atoms with Gasteiger partial charge in [0.2, 0.25) is 0 Å². The summed E-state index contributed by atoms with van der Waals surface area (Å²) in [6.07, 6.45) is 10.1. The smallest absolute Gasteiger partial charge is 0.0127 e. The van der Waals surface area contributed by atoms with Crippen molar-refractivity contribution in [3.8, 4) is 0 Å². The maximum atomic E-state index is 6.61. The molecular formula is C15H28N2. The molecule has 3 aliphatic rings. The van der Waals surface area contributed by atoms with E-state index in [2.05, 4.69) is 19.0 Å². The summed E-state index contributed by atoms with van der Waals surface area (Å²) >= 11 is 0. The fourth-order valence-electron chi connectivity index (χ4n) is 5.41. The predicted octanol–water partition coefficient (Wildman–Crippen LogP) is 2.48. The summed E-state index contributed by atoms with van der Waals surface area (Å²) in [5.41, 5.74) is 7.17. The first kappa shape index (κ1) is 12.0. The summed E-state index contributed by atoms with van der Waals surface area (Å²) in [5, 5.41) is 0. The number of hydrogen-bond acceptors (Lipinski definition) is 2. The SMILES string of the molecule is CN(C)C[C@@H]1CCC[C@@]2(C1)C1CCC(C1)[C@H]2N. The van der Waals surface area contributed by atoms with Crippen molar-refractivity contribution in [3.63, 3.8) is 0 Å². The van der Waals surface area contributed by atoms with Crippen molar-refractivity contribution in [2.24, 2.45) is 28.9 Å². The summed E-state index contributed by atoms with van der Waals surface area (Å²) in [6.45, 7) is 1.27. The summed E-state index contributed by atoms with van der Waals surface area (Å²) < 4.78 is 0. The van der Waals surface area contributed by atoms with Gasteiger partial charge >= 0.3 is 0 Å². The molecule has 2 N–H and O–H groups in total. The third kappa shape index (κ3) is 1.84. The van der Waals surface area contributed by atoms with Crippen molar-refractivity contribution >= 4 is 0 Å². The van der Waals surface area contributed by atoms with Crippen molar-refractivity contribution in [1.82, 2.24) is 4.90 Å². The van der Waals surface area contributed by atoms with Gasteiger partial charge < -0.3 is 10.6 Å². The molecule has 2 nitrogen and oxygen atoms in total. The molecule has 0 aromatic carbocycles. The van der Waals surface area contributed by atoms with Crippen molar-refractivity contribution < 1.29 is 0 Å². The molecule has 0 radical (unpaired) electrons. The third-order valence-electron chi connectivity index (χ3n) is 6.00. The number of rotatable bonds is 2. The van der Waals surface area contributed by atoms with Crippen LogP contribution >= 0.6 is 0 Å². The van der Waals surface area contributed by atoms with Crippen LogP contribution < -0.4 is 5.73 Å². The molecule has 3 fully saturated rings. The summed E-state index contributed by atoms with van der Waals surface area (Å²) in [5.74, 6) is 2.76. The zero-order chi connectivity index (χ0) is 12.0. The topological polar surface area (TPSA) is 29.3 Å². The zero-order valence-corrected chi connectivity index (χ0v) is 11.5. The first-order chi connectivity index (χ1) is 8.12. The fraction of sp³-hybridized carbons (Fsp3) is 1.00. The molecular weight excluding hydrogens is 208 g/mol. The fourth-order valence-corrected chi connectivity index (χ4v) is 5.41. The standard InChI is InChI=1S/C15H28N2/c1-17(2)10-11-4-3-7-15(9-11)13-6-5-12(8-13)14(15)16/h11-14H,3-10,16H2,1-2H3/t11-,12?,13?,14-,15-/m1/s1. The molecule has 0 aliphatic heterocycles. The van der Waals surface area contributed by atoms with Gasteiger partial charge in [-0.2, -0.15) is 0 Å². The Morgan fingerprint density at radius 3 is 2.71 bits per heavy atom. The normalized spacial score (nSPS) is 49.4. The molecule has 3 rings (SSSR count). The van der Waals surface area contributed by atoms with Gasteiger partial charge in [0.25, 0.3) is 0 Å².